The van der Waals surface area contributed by atoms with Crippen LogP contribution in [0.4, 0.5) is 4.39 Å². The summed E-state index contributed by atoms with van der Waals surface area (Å²) in [6, 6.07) is 14.8. The van der Waals surface area contributed by atoms with E-state index in [-0.39, 0.29) is 12.2 Å². The molecule has 5 nitrogen and oxygen atoms in total. The van der Waals surface area contributed by atoms with Crippen molar-refractivity contribution in [1.29, 1.82) is 0 Å². The van der Waals surface area contributed by atoms with E-state index < -0.39 is 11.8 Å². The second-order valence-corrected chi connectivity index (χ2v) is 8.23. The lowest BCUT2D eigenvalue weighted by atomic mass is 10.1. The van der Waals surface area contributed by atoms with Crippen LogP contribution in [0.2, 0.25) is 5.02 Å². The minimum Gasteiger partial charge on any atom is -0.490 e. The monoisotopic (exact) mass is 521 g/mol. The van der Waals surface area contributed by atoms with Crippen LogP contribution in [0.15, 0.2) is 59.1 Å². The van der Waals surface area contributed by atoms with Crippen LogP contribution in [-0.2, 0) is 19.7 Å². The van der Waals surface area contributed by atoms with Crippen LogP contribution in [0.1, 0.15) is 34.0 Å². The maximum atomic E-state index is 13.3. The third-order valence-electron chi connectivity index (χ3n) is 4.62. The van der Waals surface area contributed by atoms with E-state index in [1.165, 1.54) is 12.1 Å². The number of benzene rings is 3. The zero-order valence-electron chi connectivity index (χ0n) is 17.3. The van der Waals surface area contributed by atoms with Gasteiger partial charge in [0.1, 0.15) is 12.4 Å². The van der Waals surface area contributed by atoms with Crippen molar-refractivity contribution >= 4 is 33.5 Å². The third-order valence-corrected chi connectivity index (χ3v) is 5.56. The summed E-state index contributed by atoms with van der Waals surface area (Å²) in [6.45, 7) is 3.68. The highest BCUT2D eigenvalue weighted by Crippen LogP contribution is 2.38. The van der Waals surface area contributed by atoms with Crippen molar-refractivity contribution in [2.45, 2.75) is 26.6 Å². The molecule has 0 aliphatic rings. The molecule has 32 heavy (non-hydrogen) atoms. The topological polar surface area (TPSA) is 67.8 Å². The fourth-order valence-corrected chi connectivity index (χ4v) is 3.86. The summed E-state index contributed by atoms with van der Waals surface area (Å²) in [6.07, 6.45) is 0. The van der Waals surface area contributed by atoms with Gasteiger partial charge < -0.3 is 19.9 Å². The first-order valence-corrected chi connectivity index (χ1v) is 11.1. The molecule has 168 valence electrons. The number of halogens is 3. The molecule has 0 unspecified atom stereocenters. The van der Waals surface area contributed by atoms with Crippen molar-refractivity contribution < 1.29 is 23.8 Å². The Labute approximate surface area is 199 Å². The normalized spacial score (nSPS) is 10.8. The van der Waals surface area contributed by atoms with Gasteiger partial charge in [0, 0.05) is 18.7 Å². The van der Waals surface area contributed by atoms with Gasteiger partial charge in [-0.1, -0.05) is 29.8 Å². The molecule has 8 heteroatoms. The van der Waals surface area contributed by atoms with E-state index in [2.05, 4.69) is 21.2 Å². The Morgan fingerprint density at radius 3 is 2.44 bits per heavy atom. The van der Waals surface area contributed by atoms with Crippen LogP contribution in [0, 0.1) is 5.82 Å². The molecule has 0 spiro atoms. The number of hydrogen-bond acceptors (Lipinski definition) is 4. The number of ether oxygens (including phenoxy) is 2. The maximum Gasteiger partial charge on any atom is 0.335 e. The number of carbonyl (C=O) groups is 1. The minimum absolute atomic E-state index is 0.168. The predicted molar refractivity (Wildman–Crippen MR) is 125 cm³/mol. The molecule has 3 aromatic rings. The number of carboxylic acid groups (broad SMARTS) is 1. The van der Waals surface area contributed by atoms with Gasteiger partial charge in [-0.2, -0.15) is 0 Å². The Hall–Kier alpha value is -2.61. The van der Waals surface area contributed by atoms with Gasteiger partial charge in [0.2, 0.25) is 0 Å². The molecule has 0 heterocycles. The Morgan fingerprint density at radius 1 is 1.06 bits per heavy atom. The molecular weight excluding hydrogens is 501 g/mol. The van der Waals surface area contributed by atoms with E-state index in [0.717, 1.165) is 15.6 Å². The number of aromatic carboxylic acids is 1. The quantitative estimate of drug-likeness (QED) is 0.331. The standard InChI is InChI=1S/C24H22BrClFNO4/c1-2-31-22-10-16(13-28-12-15-3-5-17(6-4-15)24(29)30)9-20(25)23(22)32-14-18-7-8-19(27)11-21(18)26/h3-11,28H,2,12-14H2,1H3,(H,29,30). The van der Waals surface area contributed by atoms with Crippen molar-refractivity contribution in [3.8, 4) is 11.5 Å². The van der Waals surface area contributed by atoms with Gasteiger partial charge in [-0.15, -0.1) is 0 Å². The summed E-state index contributed by atoms with van der Waals surface area (Å²) < 4.78 is 25.7. The molecule has 0 bridgehead atoms. The van der Waals surface area contributed by atoms with E-state index in [1.807, 2.05) is 19.1 Å². The molecule has 0 saturated carbocycles. The number of rotatable bonds is 10. The summed E-state index contributed by atoms with van der Waals surface area (Å²) in [5, 5.41) is 12.6. The second kappa shape index (κ2) is 11.3. The van der Waals surface area contributed by atoms with E-state index in [4.69, 9.17) is 26.2 Å². The smallest absolute Gasteiger partial charge is 0.335 e. The number of nitrogens with one attached hydrogen (secondary N) is 1. The summed E-state index contributed by atoms with van der Waals surface area (Å²) in [7, 11) is 0. The van der Waals surface area contributed by atoms with E-state index in [1.54, 1.807) is 30.3 Å². The van der Waals surface area contributed by atoms with Crippen molar-refractivity contribution in [2.75, 3.05) is 6.61 Å². The molecule has 2 N–H and O–H groups in total. The van der Waals surface area contributed by atoms with Crippen molar-refractivity contribution in [2.24, 2.45) is 0 Å². The van der Waals surface area contributed by atoms with Gasteiger partial charge in [0.05, 0.1) is 21.7 Å². The van der Waals surface area contributed by atoms with Crippen LogP contribution in [0.5, 0.6) is 11.5 Å². The van der Waals surface area contributed by atoms with Gasteiger partial charge in [0.15, 0.2) is 11.5 Å². The van der Waals surface area contributed by atoms with Crippen molar-refractivity contribution in [3.05, 3.63) is 92.2 Å². The van der Waals surface area contributed by atoms with Crippen molar-refractivity contribution in [3.63, 3.8) is 0 Å². The van der Waals surface area contributed by atoms with Crippen LogP contribution < -0.4 is 14.8 Å². The average molecular weight is 523 g/mol. The largest absolute Gasteiger partial charge is 0.490 e. The summed E-state index contributed by atoms with van der Waals surface area (Å²) in [5.74, 6) is -0.214. The fraction of sp³-hybridized carbons (Fsp3) is 0.208. The fourth-order valence-electron chi connectivity index (χ4n) is 3.03. The molecule has 0 atom stereocenters. The highest BCUT2D eigenvalue weighted by Gasteiger charge is 2.14. The SMILES string of the molecule is CCOc1cc(CNCc2ccc(C(=O)O)cc2)cc(Br)c1OCc1ccc(F)cc1Cl. The highest BCUT2D eigenvalue weighted by atomic mass is 79.9. The van der Waals surface area contributed by atoms with Crippen LogP contribution >= 0.6 is 27.5 Å². The second-order valence-electron chi connectivity index (χ2n) is 6.97. The first-order valence-electron chi connectivity index (χ1n) is 9.92. The molecule has 0 saturated heterocycles. The Kier molecular flexibility index (Phi) is 8.50. The van der Waals surface area contributed by atoms with Crippen molar-refractivity contribution in [1.82, 2.24) is 5.32 Å². The predicted octanol–water partition coefficient (Wildman–Crippen LogP) is 6.21. The first kappa shape index (κ1) is 24.0. The molecule has 0 aliphatic heterocycles. The van der Waals surface area contributed by atoms with Gasteiger partial charge in [-0.25, -0.2) is 9.18 Å². The molecule has 0 amide bonds. The van der Waals surface area contributed by atoms with Gasteiger partial charge in [-0.05, 0) is 70.4 Å². The number of hydrogen-bond donors (Lipinski definition) is 2. The van der Waals surface area contributed by atoms with Crippen LogP contribution in [0.3, 0.4) is 0 Å². The van der Waals surface area contributed by atoms with Gasteiger partial charge in [-0.3, -0.25) is 0 Å². The van der Waals surface area contributed by atoms with Crippen LogP contribution in [0.25, 0.3) is 0 Å². The zero-order chi connectivity index (χ0) is 23.1. The lowest BCUT2D eigenvalue weighted by Crippen LogP contribution is -2.13. The van der Waals surface area contributed by atoms with Gasteiger partial charge in [0.25, 0.3) is 0 Å². The first-order chi connectivity index (χ1) is 15.4. The van der Waals surface area contributed by atoms with E-state index in [0.29, 0.717) is 41.8 Å². The third kappa shape index (κ3) is 6.45. The Morgan fingerprint density at radius 2 is 1.78 bits per heavy atom. The molecule has 0 aliphatic carbocycles. The number of carboxylic acids is 1. The minimum atomic E-state index is -0.943. The average Bonchev–Trinajstić information content (AvgIpc) is 2.75. The lowest BCUT2D eigenvalue weighted by molar-refractivity contribution is 0.0697. The van der Waals surface area contributed by atoms with E-state index >= 15 is 0 Å². The molecule has 3 rings (SSSR count). The maximum absolute atomic E-state index is 13.3. The van der Waals surface area contributed by atoms with Gasteiger partial charge >= 0.3 is 5.97 Å². The highest BCUT2D eigenvalue weighted by molar-refractivity contribution is 9.10. The molecule has 0 radical (unpaired) electrons. The Balaban J connectivity index is 1.66. The molecular formula is C24H22BrClFNO4. The Bertz CT molecular complexity index is 1090. The molecule has 3 aromatic carbocycles. The summed E-state index contributed by atoms with van der Waals surface area (Å²) in [5.41, 5.74) is 2.89. The summed E-state index contributed by atoms with van der Waals surface area (Å²) >= 11 is 9.64. The molecule has 0 aromatic heterocycles. The lowest BCUT2D eigenvalue weighted by Gasteiger charge is -2.16. The van der Waals surface area contributed by atoms with Crippen LogP contribution in [-0.4, -0.2) is 17.7 Å². The van der Waals surface area contributed by atoms with E-state index in [9.17, 15) is 9.18 Å². The summed E-state index contributed by atoms with van der Waals surface area (Å²) in [4.78, 5) is 10.9. The molecule has 0 fully saturated rings. The zero-order valence-corrected chi connectivity index (χ0v) is 19.7.